The van der Waals surface area contributed by atoms with Gasteiger partial charge in [0, 0.05) is 41.0 Å². The Balaban J connectivity index is 1.49. The smallest absolute Gasteiger partial charge is 0.227 e. The van der Waals surface area contributed by atoms with Crippen molar-refractivity contribution in [1.82, 2.24) is 29.5 Å². The molecule has 5 rings (SSSR count). The summed E-state index contributed by atoms with van der Waals surface area (Å²) < 4.78 is 15.3. The molecule has 0 spiro atoms. The predicted molar refractivity (Wildman–Crippen MR) is 115 cm³/mol. The molecule has 9 heteroatoms. The van der Waals surface area contributed by atoms with E-state index in [1.165, 1.54) is 23.2 Å². The number of rotatable bonds is 6. The Kier molecular flexibility index (Phi) is 4.79. The molecule has 1 aromatic carbocycles. The van der Waals surface area contributed by atoms with E-state index in [9.17, 15) is 9.50 Å². The van der Waals surface area contributed by atoms with Crippen molar-refractivity contribution < 1.29 is 9.50 Å². The molecule has 0 unspecified atom stereocenters. The highest BCUT2D eigenvalue weighted by molar-refractivity contribution is 5.83. The van der Waals surface area contributed by atoms with Crippen LogP contribution < -0.4 is 5.32 Å². The van der Waals surface area contributed by atoms with Gasteiger partial charge in [-0.15, -0.1) is 0 Å². The molecule has 31 heavy (non-hydrogen) atoms. The Morgan fingerprint density at radius 1 is 1.19 bits per heavy atom. The molecule has 3 N–H and O–H groups in total. The molecular formula is C22H20FN7O. The first-order valence-corrected chi connectivity index (χ1v) is 9.93. The highest BCUT2D eigenvalue weighted by Crippen LogP contribution is 2.24. The lowest BCUT2D eigenvalue weighted by atomic mass is 10.1. The van der Waals surface area contributed by atoms with Gasteiger partial charge in [0.15, 0.2) is 11.5 Å². The molecular weight excluding hydrogens is 397 g/mol. The molecule has 4 heterocycles. The van der Waals surface area contributed by atoms with Gasteiger partial charge in [0.05, 0.1) is 18.5 Å². The first-order chi connectivity index (χ1) is 15.1. The van der Waals surface area contributed by atoms with E-state index in [4.69, 9.17) is 0 Å². The lowest BCUT2D eigenvalue weighted by Gasteiger charge is -2.10. The van der Waals surface area contributed by atoms with Gasteiger partial charge in [-0.05, 0) is 31.0 Å². The van der Waals surface area contributed by atoms with Gasteiger partial charge in [0.1, 0.15) is 5.82 Å². The van der Waals surface area contributed by atoms with Crippen LogP contribution in [0, 0.1) is 5.82 Å². The molecule has 0 saturated heterocycles. The highest BCUT2D eigenvalue weighted by Gasteiger charge is 2.17. The van der Waals surface area contributed by atoms with E-state index in [2.05, 4.69) is 36.4 Å². The topological polar surface area (TPSA) is 104 Å². The molecule has 0 amide bonds. The Morgan fingerprint density at radius 2 is 2.06 bits per heavy atom. The average molecular weight is 417 g/mol. The zero-order valence-corrected chi connectivity index (χ0v) is 16.7. The lowest BCUT2D eigenvalue weighted by Crippen LogP contribution is -2.12. The summed E-state index contributed by atoms with van der Waals surface area (Å²) in [7, 11) is 0. The maximum Gasteiger partial charge on any atom is 0.227 e. The van der Waals surface area contributed by atoms with Crippen LogP contribution in [0.4, 0.5) is 10.3 Å². The molecule has 4 aromatic heterocycles. The van der Waals surface area contributed by atoms with Gasteiger partial charge in [-0.3, -0.25) is 4.98 Å². The molecule has 0 aliphatic heterocycles. The van der Waals surface area contributed by atoms with Crippen LogP contribution in [-0.2, 0) is 6.42 Å². The molecule has 0 fully saturated rings. The number of hydrogen-bond donors (Lipinski definition) is 3. The Labute approximate surface area is 176 Å². The lowest BCUT2D eigenvalue weighted by molar-refractivity contribution is 0.200. The average Bonchev–Trinajstić information content (AvgIpc) is 3.38. The number of aromatic nitrogens is 6. The van der Waals surface area contributed by atoms with Crippen molar-refractivity contribution in [2.75, 3.05) is 11.9 Å². The number of para-hydroxylation sites is 1. The number of benzene rings is 1. The van der Waals surface area contributed by atoms with Gasteiger partial charge in [-0.25, -0.2) is 9.37 Å². The van der Waals surface area contributed by atoms with Gasteiger partial charge in [-0.2, -0.15) is 14.6 Å². The van der Waals surface area contributed by atoms with Crippen LogP contribution in [-0.4, -0.2) is 41.2 Å². The number of aliphatic hydroxyl groups is 1. The van der Waals surface area contributed by atoms with Gasteiger partial charge < -0.3 is 15.4 Å². The largest absolute Gasteiger partial charge is 0.389 e. The number of aromatic amines is 1. The minimum Gasteiger partial charge on any atom is -0.389 e. The summed E-state index contributed by atoms with van der Waals surface area (Å²) in [6.07, 6.45) is 6.20. The Bertz CT molecular complexity index is 1380. The summed E-state index contributed by atoms with van der Waals surface area (Å²) in [5.41, 5.74) is 3.75. The molecule has 156 valence electrons. The third kappa shape index (κ3) is 3.59. The van der Waals surface area contributed by atoms with E-state index < -0.39 is 11.9 Å². The summed E-state index contributed by atoms with van der Waals surface area (Å²) in [5.74, 6) is 0.284. The van der Waals surface area contributed by atoms with Crippen LogP contribution in [0.25, 0.3) is 27.9 Å². The first kappa shape index (κ1) is 19.1. The Hall–Kier alpha value is -3.85. The van der Waals surface area contributed by atoms with E-state index in [-0.39, 0.29) is 0 Å². The number of nitrogens with zero attached hydrogens (tertiary/aromatic N) is 5. The van der Waals surface area contributed by atoms with Crippen molar-refractivity contribution in [3.63, 3.8) is 0 Å². The van der Waals surface area contributed by atoms with Crippen molar-refractivity contribution >= 4 is 22.5 Å². The van der Waals surface area contributed by atoms with Gasteiger partial charge in [0.25, 0.3) is 0 Å². The maximum atomic E-state index is 13.7. The van der Waals surface area contributed by atoms with Crippen molar-refractivity contribution in [2.24, 2.45) is 0 Å². The SMILES string of the molecule is C[C@H](O)c1cnn2c(NCCc3c[nH]c4ccccc34)nc(-c3cncc(F)c3)nc12. The summed E-state index contributed by atoms with van der Waals surface area (Å²) in [4.78, 5) is 16.2. The Morgan fingerprint density at radius 3 is 2.90 bits per heavy atom. The number of aliphatic hydroxyl groups excluding tert-OH is 1. The normalized spacial score (nSPS) is 12.5. The molecule has 0 aliphatic carbocycles. The highest BCUT2D eigenvalue weighted by atomic mass is 19.1. The summed E-state index contributed by atoms with van der Waals surface area (Å²) in [6.45, 7) is 2.24. The van der Waals surface area contributed by atoms with Crippen molar-refractivity contribution in [3.8, 4) is 11.4 Å². The van der Waals surface area contributed by atoms with Crippen LogP contribution in [0.5, 0.6) is 0 Å². The zero-order valence-electron chi connectivity index (χ0n) is 16.7. The third-order valence-electron chi connectivity index (χ3n) is 5.16. The quantitative estimate of drug-likeness (QED) is 0.391. The number of H-pyrrole nitrogens is 1. The molecule has 0 bridgehead atoms. The van der Waals surface area contributed by atoms with Gasteiger partial charge in [-0.1, -0.05) is 18.2 Å². The van der Waals surface area contributed by atoms with E-state index in [0.717, 1.165) is 18.1 Å². The van der Waals surface area contributed by atoms with Crippen molar-refractivity contribution in [3.05, 3.63) is 72.1 Å². The van der Waals surface area contributed by atoms with Crippen LogP contribution in [0.15, 0.2) is 55.1 Å². The van der Waals surface area contributed by atoms with E-state index in [1.807, 2.05) is 24.4 Å². The number of fused-ring (bicyclic) bond motifs is 2. The van der Waals surface area contributed by atoms with Crippen molar-refractivity contribution in [2.45, 2.75) is 19.4 Å². The fourth-order valence-corrected chi connectivity index (χ4v) is 3.61. The molecule has 8 nitrogen and oxygen atoms in total. The zero-order chi connectivity index (χ0) is 21.4. The number of nitrogens with one attached hydrogen (secondary N) is 2. The number of halogens is 1. The van der Waals surface area contributed by atoms with Crippen LogP contribution in [0.1, 0.15) is 24.2 Å². The molecule has 0 saturated carbocycles. The summed E-state index contributed by atoms with van der Waals surface area (Å²) >= 11 is 0. The minimum absolute atomic E-state index is 0.302. The first-order valence-electron chi connectivity index (χ1n) is 9.93. The van der Waals surface area contributed by atoms with Gasteiger partial charge >= 0.3 is 0 Å². The van der Waals surface area contributed by atoms with Crippen LogP contribution in [0.2, 0.25) is 0 Å². The fraction of sp³-hybridized carbons (Fsp3) is 0.182. The van der Waals surface area contributed by atoms with E-state index in [1.54, 1.807) is 17.6 Å². The van der Waals surface area contributed by atoms with Crippen LogP contribution >= 0.6 is 0 Å². The predicted octanol–water partition coefficient (Wildman–Crippen LogP) is 3.51. The number of anilines is 1. The third-order valence-corrected chi connectivity index (χ3v) is 5.16. The van der Waals surface area contributed by atoms with Crippen molar-refractivity contribution in [1.29, 1.82) is 0 Å². The molecule has 5 aromatic rings. The molecule has 0 radical (unpaired) electrons. The monoisotopic (exact) mass is 417 g/mol. The number of pyridine rings is 1. The molecule has 0 aliphatic rings. The van der Waals surface area contributed by atoms with Gasteiger partial charge in [0.2, 0.25) is 5.95 Å². The molecule has 1 atom stereocenters. The minimum atomic E-state index is -0.759. The van der Waals surface area contributed by atoms with E-state index in [0.29, 0.717) is 35.1 Å². The second-order valence-electron chi connectivity index (χ2n) is 7.31. The van der Waals surface area contributed by atoms with E-state index >= 15 is 0 Å². The van der Waals surface area contributed by atoms with Crippen LogP contribution in [0.3, 0.4) is 0 Å². The summed E-state index contributed by atoms with van der Waals surface area (Å²) in [5, 5.41) is 18.9. The standard InChI is InChI=1S/C22H20FN7O/c1-13(31)18-12-27-30-21(18)28-20(15-8-16(23)11-24-9-15)29-22(30)25-7-6-14-10-26-19-5-3-2-4-17(14)19/h2-5,8-13,26,31H,6-7H2,1H3,(H,25,28,29)/t13-/m0/s1. The maximum absolute atomic E-state index is 13.7. The summed E-state index contributed by atoms with van der Waals surface area (Å²) in [6, 6.07) is 9.47. The second-order valence-corrected chi connectivity index (χ2v) is 7.31. The number of hydrogen-bond acceptors (Lipinski definition) is 6. The second kappa shape index (κ2) is 7.77. The fourth-order valence-electron chi connectivity index (χ4n) is 3.61.